The summed E-state index contributed by atoms with van der Waals surface area (Å²) in [5.41, 5.74) is 5.49. The molecule has 3 N–H and O–H groups in total. The fourth-order valence-electron chi connectivity index (χ4n) is 1.64. The summed E-state index contributed by atoms with van der Waals surface area (Å²) in [6.07, 6.45) is 0.281. The molecule has 0 saturated carbocycles. The number of nitro groups is 1. The van der Waals surface area contributed by atoms with Crippen molar-refractivity contribution in [2.75, 3.05) is 0 Å². The van der Waals surface area contributed by atoms with Crippen LogP contribution in [0.1, 0.15) is 31.4 Å². The topological polar surface area (TPSA) is 89.4 Å². The Balaban J connectivity index is 0.00000289. The molecule has 1 aromatic carbocycles. The minimum absolute atomic E-state index is 0. The Hall–Kier alpha value is -1.24. The Morgan fingerprint density at radius 2 is 2.17 bits per heavy atom. The standard InChI is InChI=1S/C11H15FN2O3.ClH/c1-2-3-10(15)11(13)8-5-4-7(12)6-9(8)14(16)17;/h4-6,10-11,15H,2-3,13H2,1H3;1H/t10-,11+;/m0./s1. The molecule has 0 aliphatic rings. The van der Waals surface area contributed by atoms with Crippen molar-refractivity contribution in [3.05, 3.63) is 39.7 Å². The zero-order valence-electron chi connectivity index (χ0n) is 9.88. The van der Waals surface area contributed by atoms with Gasteiger partial charge in [0.1, 0.15) is 5.82 Å². The van der Waals surface area contributed by atoms with E-state index in [1.165, 1.54) is 6.07 Å². The van der Waals surface area contributed by atoms with Gasteiger partial charge in [0.2, 0.25) is 0 Å². The van der Waals surface area contributed by atoms with E-state index < -0.39 is 28.6 Å². The van der Waals surface area contributed by atoms with Crippen molar-refractivity contribution in [1.82, 2.24) is 0 Å². The van der Waals surface area contributed by atoms with Crippen LogP contribution in [0.4, 0.5) is 10.1 Å². The summed E-state index contributed by atoms with van der Waals surface area (Å²) in [6, 6.07) is 2.28. The molecule has 0 aliphatic carbocycles. The molecule has 1 aromatic rings. The van der Waals surface area contributed by atoms with Crippen LogP contribution in [0.3, 0.4) is 0 Å². The van der Waals surface area contributed by atoms with Gasteiger partial charge in [-0.05, 0) is 18.6 Å². The number of nitrogens with zero attached hydrogens (tertiary/aromatic N) is 1. The quantitative estimate of drug-likeness (QED) is 0.639. The molecule has 2 atom stereocenters. The summed E-state index contributed by atoms with van der Waals surface area (Å²) in [4.78, 5) is 10.1. The fourth-order valence-corrected chi connectivity index (χ4v) is 1.64. The zero-order valence-corrected chi connectivity index (χ0v) is 10.7. The smallest absolute Gasteiger partial charge is 0.277 e. The molecule has 1 rings (SSSR count). The van der Waals surface area contributed by atoms with Crippen molar-refractivity contribution >= 4 is 18.1 Å². The van der Waals surface area contributed by atoms with Gasteiger partial charge in [0.25, 0.3) is 5.69 Å². The second-order valence-electron chi connectivity index (χ2n) is 3.84. The third kappa shape index (κ3) is 3.90. The van der Waals surface area contributed by atoms with Gasteiger partial charge in [0, 0.05) is 5.56 Å². The van der Waals surface area contributed by atoms with Crippen molar-refractivity contribution in [1.29, 1.82) is 0 Å². The number of hydrogen-bond donors (Lipinski definition) is 2. The SMILES string of the molecule is CCC[C@H](O)[C@H](N)c1ccc(F)cc1[N+](=O)[O-].Cl. The van der Waals surface area contributed by atoms with Crippen LogP contribution < -0.4 is 5.73 Å². The molecular formula is C11H16ClFN2O3. The highest BCUT2D eigenvalue weighted by atomic mass is 35.5. The number of rotatable bonds is 5. The highest BCUT2D eigenvalue weighted by Crippen LogP contribution is 2.27. The summed E-state index contributed by atoms with van der Waals surface area (Å²) >= 11 is 0. The molecule has 0 aliphatic heterocycles. The van der Waals surface area contributed by atoms with Crippen LogP contribution in [0.2, 0.25) is 0 Å². The number of hydrogen-bond acceptors (Lipinski definition) is 4. The molecule has 102 valence electrons. The molecule has 0 radical (unpaired) electrons. The van der Waals surface area contributed by atoms with Crippen molar-refractivity contribution in [3.63, 3.8) is 0 Å². The van der Waals surface area contributed by atoms with Gasteiger partial charge in [0.15, 0.2) is 0 Å². The minimum atomic E-state index is -0.879. The van der Waals surface area contributed by atoms with Gasteiger partial charge >= 0.3 is 0 Å². The highest BCUT2D eigenvalue weighted by Gasteiger charge is 2.24. The molecule has 7 heteroatoms. The van der Waals surface area contributed by atoms with E-state index in [-0.39, 0.29) is 18.0 Å². The molecule has 0 amide bonds. The molecule has 0 heterocycles. The van der Waals surface area contributed by atoms with Crippen LogP contribution >= 0.6 is 12.4 Å². The Morgan fingerprint density at radius 3 is 2.67 bits per heavy atom. The number of aliphatic hydroxyl groups is 1. The lowest BCUT2D eigenvalue weighted by Gasteiger charge is -2.18. The largest absolute Gasteiger partial charge is 0.391 e. The van der Waals surface area contributed by atoms with E-state index in [9.17, 15) is 19.6 Å². The number of nitrogens with two attached hydrogens (primary N) is 1. The first kappa shape index (κ1) is 16.8. The van der Waals surface area contributed by atoms with Crippen LogP contribution in [-0.2, 0) is 0 Å². The maximum atomic E-state index is 12.9. The van der Waals surface area contributed by atoms with Crippen molar-refractivity contribution in [3.8, 4) is 0 Å². The average molecular weight is 279 g/mol. The van der Waals surface area contributed by atoms with Gasteiger partial charge in [0.05, 0.1) is 23.1 Å². The van der Waals surface area contributed by atoms with Gasteiger partial charge in [-0.25, -0.2) is 4.39 Å². The second kappa shape index (κ2) is 7.25. The average Bonchev–Trinajstić information content (AvgIpc) is 2.28. The summed E-state index contributed by atoms with van der Waals surface area (Å²) in [7, 11) is 0. The molecule has 0 unspecified atom stereocenters. The number of aliphatic hydroxyl groups excluding tert-OH is 1. The van der Waals surface area contributed by atoms with Crippen LogP contribution in [0, 0.1) is 15.9 Å². The second-order valence-corrected chi connectivity index (χ2v) is 3.84. The first-order valence-corrected chi connectivity index (χ1v) is 5.34. The highest BCUT2D eigenvalue weighted by molar-refractivity contribution is 5.85. The predicted molar refractivity (Wildman–Crippen MR) is 68.1 cm³/mol. The first-order valence-electron chi connectivity index (χ1n) is 5.34. The van der Waals surface area contributed by atoms with E-state index in [2.05, 4.69) is 0 Å². The number of nitro benzene ring substituents is 1. The van der Waals surface area contributed by atoms with Gasteiger partial charge < -0.3 is 10.8 Å². The van der Waals surface area contributed by atoms with Gasteiger partial charge in [-0.15, -0.1) is 12.4 Å². The molecule has 0 aromatic heterocycles. The summed E-state index contributed by atoms with van der Waals surface area (Å²) in [5, 5.41) is 20.5. The van der Waals surface area contributed by atoms with E-state index in [0.717, 1.165) is 12.1 Å². The summed E-state index contributed by atoms with van der Waals surface area (Å²) < 4.78 is 12.9. The predicted octanol–water partition coefficient (Wildman–Crippen LogP) is 2.32. The molecule has 0 bridgehead atoms. The van der Waals surface area contributed by atoms with Crippen LogP contribution in [-0.4, -0.2) is 16.1 Å². The van der Waals surface area contributed by atoms with E-state index in [0.29, 0.717) is 12.8 Å². The van der Waals surface area contributed by atoms with E-state index in [1.807, 2.05) is 6.92 Å². The minimum Gasteiger partial charge on any atom is -0.391 e. The van der Waals surface area contributed by atoms with E-state index >= 15 is 0 Å². The Morgan fingerprint density at radius 1 is 1.56 bits per heavy atom. The third-order valence-corrected chi connectivity index (χ3v) is 2.55. The third-order valence-electron chi connectivity index (χ3n) is 2.55. The van der Waals surface area contributed by atoms with Crippen LogP contribution in [0.15, 0.2) is 18.2 Å². The molecule has 0 fully saturated rings. The Bertz CT molecular complexity index is 417. The molecule has 5 nitrogen and oxygen atoms in total. The molecule has 0 spiro atoms. The maximum Gasteiger partial charge on any atom is 0.277 e. The zero-order chi connectivity index (χ0) is 13.0. The Kier molecular flexibility index (Phi) is 6.75. The summed E-state index contributed by atoms with van der Waals surface area (Å²) in [6.45, 7) is 1.87. The van der Waals surface area contributed by atoms with Gasteiger partial charge in [-0.1, -0.05) is 13.3 Å². The molecule has 18 heavy (non-hydrogen) atoms. The maximum absolute atomic E-state index is 12.9. The summed E-state index contributed by atoms with van der Waals surface area (Å²) in [5.74, 6) is -0.697. The van der Waals surface area contributed by atoms with Crippen LogP contribution in [0.25, 0.3) is 0 Å². The lowest BCUT2D eigenvalue weighted by atomic mass is 9.97. The van der Waals surface area contributed by atoms with Crippen molar-refractivity contribution in [2.24, 2.45) is 5.73 Å². The van der Waals surface area contributed by atoms with Crippen LogP contribution in [0.5, 0.6) is 0 Å². The molecule has 0 saturated heterocycles. The fraction of sp³-hybridized carbons (Fsp3) is 0.455. The van der Waals surface area contributed by atoms with Gasteiger partial charge in [-0.3, -0.25) is 10.1 Å². The van der Waals surface area contributed by atoms with Crippen molar-refractivity contribution in [2.45, 2.75) is 31.9 Å². The lowest BCUT2D eigenvalue weighted by molar-refractivity contribution is -0.386. The lowest BCUT2D eigenvalue weighted by Crippen LogP contribution is -2.26. The number of benzene rings is 1. The van der Waals surface area contributed by atoms with Crippen molar-refractivity contribution < 1.29 is 14.4 Å². The van der Waals surface area contributed by atoms with E-state index in [4.69, 9.17) is 5.73 Å². The first-order chi connectivity index (χ1) is 7.97. The van der Waals surface area contributed by atoms with Gasteiger partial charge in [-0.2, -0.15) is 0 Å². The molecular weight excluding hydrogens is 263 g/mol. The normalized spacial score (nSPS) is 13.6. The number of halogens is 2. The monoisotopic (exact) mass is 278 g/mol. The Labute approximate surface area is 110 Å². The van der Waals surface area contributed by atoms with E-state index in [1.54, 1.807) is 0 Å².